The first kappa shape index (κ1) is 26.8. The molecule has 0 aromatic heterocycles. The SMILES string of the molecule is C[C@H]1C[C@H]2OB(CNC(=O)C(NC(=O)c3cc(Cl)ccc3Cl)C3CCCCC3)O[C@@]2(C)CC1(C)C. The summed E-state index contributed by atoms with van der Waals surface area (Å²) in [5.74, 6) is -0.0183. The molecule has 2 aliphatic carbocycles. The van der Waals surface area contributed by atoms with Crippen molar-refractivity contribution in [1.82, 2.24) is 10.6 Å². The van der Waals surface area contributed by atoms with Gasteiger partial charge in [-0.3, -0.25) is 9.59 Å². The molecule has 9 heteroatoms. The maximum atomic E-state index is 13.4. The third kappa shape index (κ3) is 6.01. The van der Waals surface area contributed by atoms with E-state index >= 15 is 0 Å². The Labute approximate surface area is 219 Å². The monoisotopic (exact) mass is 522 g/mol. The van der Waals surface area contributed by atoms with Crippen LogP contribution in [0.3, 0.4) is 0 Å². The van der Waals surface area contributed by atoms with Crippen molar-refractivity contribution in [2.24, 2.45) is 17.3 Å². The highest BCUT2D eigenvalue weighted by molar-refractivity contribution is 6.46. The lowest BCUT2D eigenvalue weighted by Gasteiger charge is -2.47. The van der Waals surface area contributed by atoms with Gasteiger partial charge in [-0.25, -0.2) is 0 Å². The van der Waals surface area contributed by atoms with Gasteiger partial charge in [-0.1, -0.05) is 63.2 Å². The van der Waals surface area contributed by atoms with Crippen LogP contribution in [-0.4, -0.2) is 43.1 Å². The van der Waals surface area contributed by atoms with Crippen LogP contribution in [0.5, 0.6) is 0 Å². The molecule has 1 aliphatic heterocycles. The second-order valence-corrected chi connectivity index (χ2v) is 12.3. The molecule has 35 heavy (non-hydrogen) atoms. The minimum absolute atomic E-state index is 0.0197. The van der Waals surface area contributed by atoms with Crippen LogP contribution < -0.4 is 10.6 Å². The summed E-state index contributed by atoms with van der Waals surface area (Å²) in [5, 5.41) is 6.66. The predicted molar refractivity (Wildman–Crippen MR) is 140 cm³/mol. The lowest BCUT2D eigenvalue weighted by Crippen LogP contribution is -2.53. The zero-order chi connectivity index (χ0) is 25.4. The van der Waals surface area contributed by atoms with E-state index in [1.807, 2.05) is 0 Å². The minimum Gasteiger partial charge on any atom is -0.404 e. The van der Waals surface area contributed by atoms with Crippen molar-refractivity contribution in [3.05, 3.63) is 33.8 Å². The molecular formula is C26H37BCl2N2O4. The first-order valence-corrected chi connectivity index (χ1v) is 13.6. The van der Waals surface area contributed by atoms with E-state index in [4.69, 9.17) is 32.5 Å². The number of carbonyl (C=O) groups is 2. The molecule has 2 saturated carbocycles. The van der Waals surface area contributed by atoms with E-state index in [1.165, 1.54) is 6.07 Å². The molecule has 6 nitrogen and oxygen atoms in total. The molecule has 1 unspecified atom stereocenters. The predicted octanol–water partition coefficient (Wildman–Crippen LogP) is 5.45. The number of carbonyl (C=O) groups excluding carboxylic acids is 2. The van der Waals surface area contributed by atoms with Gasteiger partial charge in [0.15, 0.2) is 0 Å². The first-order chi connectivity index (χ1) is 16.5. The zero-order valence-corrected chi connectivity index (χ0v) is 22.7. The van der Waals surface area contributed by atoms with Gasteiger partial charge in [0.05, 0.1) is 28.7 Å². The van der Waals surface area contributed by atoms with Gasteiger partial charge in [0.25, 0.3) is 5.91 Å². The molecule has 0 spiro atoms. The lowest BCUT2D eigenvalue weighted by molar-refractivity contribution is -0.124. The number of halogens is 2. The maximum absolute atomic E-state index is 13.4. The summed E-state index contributed by atoms with van der Waals surface area (Å²) in [6.45, 7) is 8.94. The molecule has 2 amide bonds. The Bertz CT molecular complexity index is 955. The molecule has 3 fully saturated rings. The van der Waals surface area contributed by atoms with Crippen LogP contribution in [0.1, 0.15) is 83.0 Å². The lowest BCUT2D eigenvalue weighted by atomic mass is 9.63. The minimum atomic E-state index is -0.656. The molecule has 3 aliphatic rings. The Hall–Kier alpha value is -1.28. The third-order valence-corrected chi connectivity index (χ3v) is 8.98. The van der Waals surface area contributed by atoms with Crippen LogP contribution in [0.2, 0.25) is 10.0 Å². The summed E-state index contributed by atoms with van der Waals surface area (Å²) in [4.78, 5) is 26.4. The van der Waals surface area contributed by atoms with E-state index in [0.717, 1.165) is 44.9 Å². The van der Waals surface area contributed by atoms with Crippen LogP contribution in [0, 0.1) is 17.3 Å². The Morgan fingerprint density at radius 1 is 1.17 bits per heavy atom. The highest BCUT2D eigenvalue weighted by atomic mass is 35.5. The molecule has 1 heterocycles. The topological polar surface area (TPSA) is 76.7 Å². The molecule has 4 atom stereocenters. The van der Waals surface area contributed by atoms with Crippen LogP contribution in [-0.2, 0) is 14.1 Å². The van der Waals surface area contributed by atoms with Gasteiger partial charge >= 0.3 is 7.12 Å². The highest BCUT2D eigenvalue weighted by Gasteiger charge is 2.55. The average molecular weight is 523 g/mol. The summed E-state index contributed by atoms with van der Waals surface area (Å²) in [5.41, 5.74) is 0.0835. The number of hydrogen-bond donors (Lipinski definition) is 2. The number of nitrogens with one attached hydrogen (secondary N) is 2. The van der Waals surface area contributed by atoms with Gasteiger partial charge in [-0.2, -0.15) is 0 Å². The summed E-state index contributed by atoms with van der Waals surface area (Å²) >= 11 is 12.3. The van der Waals surface area contributed by atoms with Crippen molar-refractivity contribution in [2.75, 3.05) is 6.44 Å². The van der Waals surface area contributed by atoms with Crippen LogP contribution in [0.25, 0.3) is 0 Å². The number of benzene rings is 1. The summed E-state index contributed by atoms with van der Waals surface area (Å²) in [7, 11) is -0.500. The summed E-state index contributed by atoms with van der Waals surface area (Å²) in [6.07, 6.45) is 7.15. The maximum Gasteiger partial charge on any atom is 0.478 e. The van der Waals surface area contributed by atoms with Gasteiger partial charge in [0.2, 0.25) is 5.91 Å². The van der Waals surface area contributed by atoms with Gasteiger partial charge in [-0.05, 0) is 68.1 Å². The van der Waals surface area contributed by atoms with Gasteiger partial charge < -0.3 is 19.9 Å². The van der Waals surface area contributed by atoms with Crippen LogP contribution in [0.15, 0.2) is 18.2 Å². The fourth-order valence-electron chi connectivity index (χ4n) is 6.05. The molecule has 1 aromatic rings. The van der Waals surface area contributed by atoms with Crippen molar-refractivity contribution in [3.8, 4) is 0 Å². The quantitative estimate of drug-likeness (QED) is 0.487. The molecule has 1 aromatic carbocycles. The summed E-state index contributed by atoms with van der Waals surface area (Å²) in [6, 6.07) is 4.09. The van der Waals surface area contributed by atoms with E-state index in [1.54, 1.807) is 12.1 Å². The Kier molecular flexibility index (Phi) is 8.12. The average Bonchev–Trinajstić information content (AvgIpc) is 3.12. The Morgan fingerprint density at radius 2 is 1.89 bits per heavy atom. The van der Waals surface area contributed by atoms with E-state index in [9.17, 15) is 9.59 Å². The molecule has 192 valence electrons. The number of rotatable bonds is 6. The molecule has 2 N–H and O–H groups in total. The second kappa shape index (κ2) is 10.6. The van der Waals surface area contributed by atoms with Crippen molar-refractivity contribution >= 4 is 42.1 Å². The fourth-order valence-corrected chi connectivity index (χ4v) is 6.43. The second-order valence-electron chi connectivity index (χ2n) is 11.5. The number of fused-ring (bicyclic) bond motifs is 1. The molecule has 4 rings (SSSR count). The van der Waals surface area contributed by atoms with Crippen molar-refractivity contribution in [2.45, 2.75) is 90.4 Å². The fraction of sp³-hybridized carbons (Fsp3) is 0.692. The third-order valence-electron chi connectivity index (χ3n) is 8.41. The zero-order valence-electron chi connectivity index (χ0n) is 21.2. The smallest absolute Gasteiger partial charge is 0.404 e. The molecule has 0 bridgehead atoms. The van der Waals surface area contributed by atoms with Gasteiger partial charge in [-0.15, -0.1) is 0 Å². The van der Waals surface area contributed by atoms with Crippen LogP contribution >= 0.6 is 23.2 Å². The van der Waals surface area contributed by atoms with Gasteiger partial charge in [0, 0.05) is 5.02 Å². The Balaban J connectivity index is 1.41. The van der Waals surface area contributed by atoms with E-state index in [-0.39, 0.29) is 41.0 Å². The van der Waals surface area contributed by atoms with E-state index in [0.29, 0.717) is 16.0 Å². The largest absolute Gasteiger partial charge is 0.478 e. The summed E-state index contributed by atoms with van der Waals surface area (Å²) < 4.78 is 12.6. The number of hydrogen-bond acceptors (Lipinski definition) is 4. The van der Waals surface area contributed by atoms with Crippen molar-refractivity contribution in [1.29, 1.82) is 0 Å². The molecular weight excluding hydrogens is 486 g/mol. The number of amides is 2. The van der Waals surface area contributed by atoms with E-state index in [2.05, 4.69) is 38.3 Å². The van der Waals surface area contributed by atoms with Crippen molar-refractivity contribution < 1.29 is 18.9 Å². The van der Waals surface area contributed by atoms with Crippen molar-refractivity contribution in [3.63, 3.8) is 0 Å². The normalized spacial score (nSPS) is 29.4. The Morgan fingerprint density at radius 3 is 2.60 bits per heavy atom. The standard InChI is InChI=1S/C26H37BCl2N2O4/c1-16-12-21-26(4,14-25(16,2)3)35-27(34-21)15-30-24(33)22(17-8-6-5-7-9-17)31-23(32)19-13-18(28)10-11-20(19)29/h10-11,13,16-17,21-22H,5-9,12,14-15H2,1-4H3,(H,30,33)(H,31,32)/t16-,21+,22?,26-/m0/s1. The van der Waals surface area contributed by atoms with E-state index < -0.39 is 19.1 Å². The first-order valence-electron chi connectivity index (χ1n) is 12.9. The molecule has 1 saturated heterocycles. The molecule has 0 radical (unpaired) electrons. The highest BCUT2D eigenvalue weighted by Crippen LogP contribution is 2.50. The van der Waals surface area contributed by atoms with Gasteiger partial charge in [0.1, 0.15) is 6.04 Å². The van der Waals surface area contributed by atoms with Crippen LogP contribution in [0.4, 0.5) is 0 Å².